The van der Waals surface area contributed by atoms with Crippen molar-refractivity contribution in [2.45, 2.75) is 32.2 Å². The third-order valence-corrected chi connectivity index (χ3v) is 4.39. The molecule has 1 aliphatic heterocycles. The first kappa shape index (κ1) is 15.0. The highest BCUT2D eigenvalue weighted by atomic mass is 79.9. The molecule has 1 aromatic rings. The molecule has 0 bridgehead atoms. The van der Waals surface area contributed by atoms with Crippen molar-refractivity contribution in [2.75, 3.05) is 11.4 Å². The Kier molecular flexibility index (Phi) is 4.13. The van der Waals surface area contributed by atoms with Crippen LogP contribution >= 0.6 is 15.9 Å². The third kappa shape index (κ3) is 2.32. The lowest BCUT2D eigenvalue weighted by Crippen LogP contribution is -2.66. The molecule has 0 spiro atoms. The molecule has 0 saturated carbocycles. The van der Waals surface area contributed by atoms with Crippen LogP contribution in [0.1, 0.15) is 26.7 Å². The number of hydrogen-bond acceptors (Lipinski definition) is 2. The number of anilines is 1. The second-order valence-electron chi connectivity index (χ2n) is 4.80. The summed E-state index contributed by atoms with van der Waals surface area (Å²) in [5, 5.41) is 2.75. The number of para-hydroxylation sites is 1. The van der Waals surface area contributed by atoms with Crippen molar-refractivity contribution < 1.29 is 14.0 Å². The van der Waals surface area contributed by atoms with Crippen LogP contribution < -0.4 is 10.2 Å². The van der Waals surface area contributed by atoms with E-state index in [0.717, 1.165) is 0 Å². The number of halogens is 2. The first-order valence-corrected chi connectivity index (χ1v) is 7.31. The van der Waals surface area contributed by atoms with Crippen LogP contribution in [0.5, 0.6) is 0 Å². The maximum absolute atomic E-state index is 14.0. The Bertz CT molecular complexity index is 538. The molecular weight excluding hydrogens is 327 g/mol. The van der Waals surface area contributed by atoms with Crippen molar-refractivity contribution in [3.63, 3.8) is 0 Å². The lowest BCUT2D eigenvalue weighted by Gasteiger charge is -2.41. The van der Waals surface area contributed by atoms with Crippen LogP contribution in [0.15, 0.2) is 22.7 Å². The summed E-state index contributed by atoms with van der Waals surface area (Å²) in [6, 6.07) is 4.47. The molecule has 0 aromatic heterocycles. The molecule has 0 unspecified atom stereocenters. The standard InChI is InChI=1S/C14H16BrFN2O2/c1-3-14(4-2)13(20)18(8-11(19)17-14)12-9(15)6-5-7-10(12)16/h5-7H,3-4,8H2,1-2H3,(H,17,19). The SMILES string of the molecule is CCC1(CC)NC(=O)CN(c2c(F)cccc2Br)C1=O. The number of carbonyl (C=O) groups excluding carboxylic acids is 2. The van der Waals surface area contributed by atoms with Crippen molar-refractivity contribution in [2.24, 2.45) is 0 Å². The number of nitrogens with one attached hydrogen (secondary N) is 1. The van der Waals surface area contributed by atoms with E-state index < -0.39 is 11.4 Å². The minimum absolute atomic E-state index is 0.124. The Labute approximate surface area is 125 Å². The molecular formula is C14H16BrFN2O2. The molecule has 0 aliphatic carbocycles. The zero-order valence-corrected chi connectivity index (χ0v) is 13.0. The van der Waals surface area contributed by atoms with Gasteiger partial charge in [0.1, 0.15) is 17.9 Å². The van der Waals surface area contributed by atoms with Gasteiger partial charge in [0.2, 0.25) is 5.91 Å². The maximum Gasteiger partial charge on any atom is 0.253 e. The van der Waals surface area contributed by atoms with E-state index in [0.29, 0.717) is 17.3 Å². The average Bonchev–Trinajstić information content (AvgIpc) is 2.42. The largest absolute Gasteiger partial charge is 0.340 e. The van der Waals surface area contributed by atoms with Gasteiger partial charge in [-0.3, -0.25) is 14.5 Å². The van der Waals surface area contributed by atoms with Crippen LogP contribution in [-0.2, 0) is 9.59 Å². The van der Waals surface area contributed by atoms with Gasteiger partial charge in [-0.25, -0.2) is 4.39 Å². The van der Waals surface area contributed by atoms with E-state index in [1.165, 1.54) is 11.0 Å². The Morgan fingerprint density at radius 2 is 2.00 bits per heavy atom. The first-order chi connectivity index (χ1) is 9.45. The van der Waals surface area contributed by atoms with Crippen molar-refractivity contribution in [1.29, 1.82) is 0 Å². The molecule has 108 valence electrons. The summed E-state index contributed by atoms with van der Waals surface area (Å²) in [4.78, 5) is 25.8. The van der Waals surface area contributed by atoms with E-state index in [1.54, 1.807) is 12.1 Å². The van der Waals surface area contributed by atoms with E-state index >= 15 is 0 Å². The number of piperazine rings is 1. The maximum atomic E-state index is 14.0. The highest BCUT2D eigenvalue weighted by Crippen LogP contribution is 2.33. The van der Waals surface area contributed by atoms with Gasteiger partial charge in [0.05, 0.1) is 5.69 Å². The number of carbonyl (C=O) groups is 2. The predicted octanol–water partition coefficient (Wildman–Crippen LogP) is 2.61. The van der Waals surface area contributed by atoms with Crippen LogP contribution in [0, 0.1) is 5.82 Å². The lowest BCUT2D eigenvalue weighted by atomic mass is 9.88. The molecule has 0 radical (unpaired) electrons. The van der Waals surface area contributed by atoms with Gasteiger partial charge in [0, 0.05) is 4.47 Å². The lowest BCUT2D eigenvalue weighted by molar-refractivity contribution is -0.136. The molecule has 1 aromatic carbocycles. The van der Waals surface area contributed by atoms with E-state index in [4.69, 9.17) is 0 Å². The molecule has 4 nitrogen and oxygen atoms in total. The van der Waals surface area contributed by atoms with E-state index in [1.807, 2.05) is 13.8 Å². The Balaban J connectivity index is 2.51. The molecule has 1 saturated heterocycles. The monoisotopic (exact) mass is 342 g/mol. The van der Waals surface area contributed by atoms with Gasteiger partial charge in [-0.2, -0.15) is 0 Å². The number of benzene rings is 1. The van der Waals surface area contributed by atoms with Crippen molar-refractivity contribution >= 4 is 33.4 Å². The molecule has 2 amide bonds. The number of hydrogen-bond donors (Lipinski definition) is 1. The summed E-state index contributed by atoms with van der Waals surface area (Å²) < 4.78 is 14.5. The zero-order chi connectivity index (χ0) is 14.9. The summed E-state index contributed by atoms with van der Waals surface area (Å²) in [6.45, 7) is 3.50. The van der Waals surface area contributed by atoms with Crippen LogP contribution in [0.4, 0.5) is 10.1 Å². The van der Waals surface area contributed by atoms with Crippen LogP contribution in [0.2, 0.25) is 0 Å². The van der Waals surface area contributed by atoms with E-state index in [2.05, 4.69) is 21.2 Å². The molecule has 1 aliphatic rings. The summed E-state index contributed by atoms with van der Waals surface area (Å²) in [5.41, 5.74) is -0.824. The second kappa shape index (κ2) is 5.52. The van der Waals surface area contributed by atoms with Gasteiger partial charge >= 0.3 is 0 Å². The number of amides is 2. The molecule has 2 rings (SSSR count). The van der Waals surface area contributed by atoms with Crippen molar-refractivity contribution in [1.82, 2.24) is 5.32 Å². The molecule has 0 atom stereocenters. The molecule has 6 heteroatoms. The minimum Gasteiger partial charge on any atom is -0.340 e. The summed E-state index contributed by atoms with van der Waals surface area (Å²) in [5.74, 6) is -1.07. The fourth-order valence-corrected chi connectivity index (χ4v) is 3.05. The fourth-order valence-electron chi connectivity index (χ4n) is 2.49. The quantitative estimate of drug-likeness (QED) is 0.917. The van der Waals surface area contributed by atoms with Crippen LogP contribution in [0.3, 0.4) is 0 Å². The van der Waals surface area contributed by atoms with Gasteiger partial charge in [-0.1, -0.05) is 19.9 Å². The van der Waals surface area contributed by atoms with Gasteiger partial charge in [-0.05, 0) is 40.9 Å². The smallest absolute Gasteiger partial charge is 0.253 e. The van der Waals surface area contributed by atoms with Crippen LogP contribution in [-0.4, -0.2) is 23.9 Å². The van der Waals surface area contributed by atoms with Gasteiger partial charge in [0.15, 0.2) is 0 Å². The Morgan fingerprint density at radius 1 is 1.35 bits per heavy atom. The second-order valence-corrected chi connectivity index (χ2v) is 5.65. The molecule has 1 heterocycles. The third-order valence-electron chi connectivity index (χ3n) is 3.75. The Hall–Kier alpha value is -1.43. The highest BCUT2D eigenvalue weighted by Gasteiger charge is 2.45. The van der Waals surface area contributed by atoms with Gasteiger partial charge < -0.3 is 5.32 Å². The fraction of sp³-hybridized carbons (Fsp3) is 0.429. The average molecular weight is 343 g/mol. The summed E-state index contributed by atoms with van der Waals surface area (Å²) in [7, 11) is 0. The van der Waals surface area contributed by atoms with Crippen molar-refractivity contribution in [3.8, 4) is 0 Å². The van der Waals surface area contributed by atoms with Gasteiger partial charge in [0.25, 0.3) is 5.91 Å². The summed E-state index contributed by atoms with van der Waals surface area (Å²) in [6.07, 6.45) is 0.938. The normalized spacial score (nSPS) is 18.1. The minimum atomic E-state index is -0.947. The van der Waals surface area contributed by atoms with E-state index in [-0.39, 0.29) is 24.0 Å². The van der Waals surface area contributed by atoms with E-state index in [9.17, 15) is 14.0 Å². The van der Waals surface area contributed by atoms with Crippen LogP contribution in [0.25, 0.3) is 0 Å². The first-order valence-electron chi connectivity index (χ1n) is 6.52. The summed E-state index contributed by atoms with van der Waals surface area (Å²) >= 11 is 3.25. The van der Waals surface area contributed by atoms with Gasteiger partial charge in [-0.15, -0.1) is 0 Å². The predicted molar refractivity (Wildman–Crippen MR) is 77.9 cm³/mol. The molecule has 20 heavy (non-hydrogen) atoms. The Morgan fingerprint density at radius 3 is 2.55 bits per heavy atom. The zero-order valence-electron chi connectivity index (χ0n) is 11.4. The molecule has 1 fully saturated rings. The van der Waals surface area contributed by atoms with Crippen molar-refractivity contribution in [3.05, 3.63) is 28.5 Å². The highest BCUT2D eigenvalue weighted by molar-refractivity contribution is 9.10. The number of nitrogens with zero attached hydrogens (tertiary/aromatic N) is 1. The number of rotatable bonds is 3. The molecule has 1 N–H and O–H groups in total. The topological polar surface area (TPSA) is 49.4 Å².